The number of primary amides is 1. The summed E-state index contributed by atoms with van der Waals surface area (Å²) in [4.78, 5) is 16.0. The summed E-state index contributed by atoms with van der Waals surface area (Å²) in [6, 6.07) is 20.8. The van der Waals surface area contributed by atoms with Crippen molar-refractivity contribution in [2.45, 2.75) is 43.4 Å². The van der Waals surface area contributed by atoms with Gasteiger partial charge in [0.05, 0.1) is 18.3 Å². The second-order valence-electron chi connectivity index (χ2n) is 8.32. The maximum atomic E-state index is 12.0. The quantitative estimate of drug-likeness (QED) is 0.579. The van der Waals surface area contributed by atoms with Crippen molar-refractivity contribution in [2.75, 3.05) is 6.61 Å². The molecule has 2 aliphatic rings. The molecular weight excluding hydrogens is 436 g/mol. The second-order valence-corrected chi connectivity index (χ2v) is 8.32. The summed E-state index contributed by atoms with van der Waals surface area (Å²) in [6.45, 7) is -0.246. The van der Waals surface area contributed by atoms with E-state index in [1.807, 2.05) is 60.7 Å². The molecule has 0 aliphatic carbocycles. The lowest BCUT2D eigenvalue weighted by atomic mass is 9.93. The minimum absolute atomic E-state index is 0.246. The van der Waals surface area contributed by atoms with Crippen LogP contribution in [0.3, 0.4) is 0 Å². The van der Waals surface area contributed by atoms with Crippen LogP contribution in [0.15, 0.2) is 79.1 Å². The highest BCUT2D eigenvalue weighted by Gasteiger charge is 2.50. The van der Waals surface area contributed by atoms with Crippen molar-refractivity contribution in [1.82, 2.24) is 4.98 Å². The number of benzene rings is 2. The molecule has 2 aromatic carbocycles. The molecular formula is C26H26N2O6. The van der Waals surface area contributed by atoms with Gasteiger partial charge in [-0.15, -0.1) is 0 Å². The van der Waals surface area contributed by atoms with Crippen molar-refractivity contribution in [2.24, 2.45) is 5.73 Å². The van der Waals surface area contributed by atoms with Crippen LogP contribution in [-0.4, -0.2) is 47.0 Å². The van der Waals surface area contributed by atoms with Gasteiger partial charge < -0.3 is 29.8 Å². The standard InChI is InChI=1S/C26H26N2O6/c27-24(30)19-14-28-12-11-18(19)13-20-22-23(34-25(31-20)16-7-3-1-4-8-16)21(15-29)32-26(33-22)17-9-5-2-6-10-17/h1-12,14,20-23,25-26,29H,13,15H2,(H2,27,30)/t20-,21-,22+,23-,25?,26?/m1/s1. The molecule has 0 bridgehead atoms. The normalized spacial score (nSPS) is 28.7. The first-order valence-electron chi connectivity index (χ1n) is 11.2. The summed E-state index contributed by atoms with van der Waals surface area (Å²) in [5, 5.41) is 10.2. The Morgan fingerprint density at radius 3 is 1.94 bits per heavy atom. The van der Waals surface area contributed by atoms with Crippen LogP contribution >= 0.6 is 0 Å². The van der Waals surface area contributed by atoms with E-state index in [1.54, 1.807) is 12.3 Å². The third kappa shape index (κ3) is 4.59. The number of ether oxygens (including phenoxy) is 4. The monoisotopic (exact) mass is 462 g/mol. The van der Waals surface area contributed by atoms with E-state index < -0.39 is 42.9 Å². The van der Waals surface area contributed by atoms with Crippen molar-refractivity contribution in [3.63, 3.8) is 0 Å². The molecule has 1 amide bonds. The average molecular weight is 463 g/mol. The highest BCUT2D eigenvalue weighted by atomic mass is 16.8. The predicted molar refractivity (Wildman–Crippen MR) is 121 cm³/mol. The molecule has 2 saturated heterocycles. The van der Waals surface area contributed by atoms with Crippen LogP contribution in [0, 0.1) is 0 Å². The number of nitrogens with two attached hydrogens (primary N) is 1. The van der Waals surface area contributed by atoms with Crippen LogP contribution in [0.25, 0.3) is 0 Å². The van der Waals surface area contributed by atoms with Gasteiger partial charge in [-0.25, -0.2) is 0 Å². The fourth-order valence-electron chi connectivity index (χ4n) is 4.46. The van der Waals surface area contributed by atoms with E-state index in [4.69, 9.17) is 24.7 Å². The lowest BCUT2D eigenvalue weighted by Crippen LogP contribution is -2.59. The fraction of sp³-hybridized carbons (Fsp3) is 0.308. The first-order chi connectivity index (χ1) is 16.6. The number of amides is 1. The maximum Gasteiger partial charge on any atom is 0.250 e. The second kappa shape index (κ2) is 10.0. The molecule has 3 aromatic rings. The zero-order chi connectivity index (χ0) is 23.5. The minimum Gasteiger partial charge on any atom is -0.394 e. The maximum absolute atomic E-state index is 12.0. The van der Waals surface area contributed by atoms with Crippen molar-refractivity contribution in [3.8, 4) is 0 Å². The van der Waals surface area contributed by atoms with Crippen molar-refractivity contribution >= 4 is 5.91 Å². The summed E-state index contributed by atoms with van der Waals surface area (Å²) >= 11 is 0. The van der Waals surface area contributed by atoms with Gasteiger partial charge in [-0.3, -0.25) is 9.78 Å². The van der Waals surface area contributed by atoms with E-state index >= 15 is 0 Å². The zero-order valence-electron chi connectivity index (χ0n) is 18.4. The molecule has 34 heavy (non-hydrogen) atoms. The number of carbonyl (C=O) groups is 1. The molecule has 3 heterocycles. The van der Waals surface area contributed by atoms with Gasteiger partial charge in [0.1, 0.15) is 18.3 Å². The highest BCUT2D eigenvalue weighted by molar-refractivity contribution is 5.93. The molecule has 2 fully saturated rings. The number of fused-ring (bicyclic) bond motifs is 1. The van der Waals surface area contributed by atoms with E-state index in [0.29, 0.717) is 17.5 Å². The zero-order valence-corrected chi connectivity index (χ0v) is 18.4. The van der Waals surface area contributed by atoms with Gasteiger partial charge in [-0.05, 0) is 11.6 Å². The topological polar surface area (TPSA) is 113 Å². The molecule has 2 aliphatic heterocycles. The Morgan fingerprint density at radius 1 is 0.824 bits per heavy atom. The number of aliphatic hydroxyl groups is 1. The number of hydrogen-bond donors (Lipinski definition) is 2. The summed E-state index contributed by atoms with van der Waals surface area (Å²) in [7, 11) is 0. The Bertz CT molecular complexity index is 1110. The molecule has 8 nitrogen and oxygen atoms in total. The largest absolute Gasteiger partial charge is 0.394 e. The number of pyridine rings is 1. The number of hydrogen-bond acceptors (Lipinski definition) is 7. The molecule has 8 heteroatoms. The van der Waals surface area contributed by atoms with Crippen LogP contribution in [-0.2, 0) is 25.4 Å². The van der Waals surface area contributed by atoms with Gasteiger partial charge in [-0.1, -0.05) is 60.7 Å². The molecule has 1 aromatic heterocycles. The van der Waals surface area contributed by atoms with Gasteiger partial charge in [0, 0.05) is 29.9 Å². The summed E-state index contributed by atoms with van der Waals surface area (Å²) in [6.07, 6.45) is -0.273. The van der Waals surface area contributed by atoms with E-state index in [-0.39, 0.29) is 6.61 Å². The molecule has 176 valence electrons. The number of aromatic nitrogens is 1. The van der Waals surface area contributed by atoms with Gasteiger partial charge in [0.15, 0.2) is 12.6 Å². The Kier molecular flexibility index (Phi) is 6.66. The fourth-order valence-corrected chi connectivity index (χ4v) is 4.46. The summed E-state index contributed by atoms with van der Waals surface area (Å²) in [5.74, 6) is -0.561. The molecule has 2 unspecified atom stereocenters. The first kappa shape index (κ1) is 22.6. The molecule has 0 spiro atoms. The summed E-state index contributed by atoms with van der Waals surface area (Å²) in [5.41, 5.74) is 8.27. The molecule has 5 rings (SSSR count). The van der Waals surface area contributed by atoms with E-state index in [1.165, 1.54) is 6.20 Å². The van der Waals surface area contributed by atoms with Crippen LogP contribution in [0.5, 0.6) is 0 Å². The third-order valence-corrected chi connectivity index (χ3v) is 6.14. The van der Waals surface area contributed by atoms with E-state index in [0.717, 1.165) is 11.1 Å². The van der Waals surface area contributed by atoms with Gasteiger partial charge in [0.2, 0.25) is 0 Å². The van der Waals surface area contributed by atoms with Crippen LogP contribution in [0.2, 0.25) is 0 Å². The van der Waals surface area contributed by atoms with Crippen LogP contribution in [0.4, 0.5) is 0 Å². The SMILES string of the molecule is NC(=O)c1cnccc1C[C@H]1OC(c2ccccc2)O[C@H]2[C@H]1OC(c1ccccc1)O[C@@H]2CO. The Hall–Kier alpha value is -3.14. The van der Waals surface area contributed by atoms with E-state index in [9.17, 15) is 9.90 Å². The number of aliphatic hydroxyl groups excluding tert-OH is 1. The van der Waals surface area contributed by atoms with E-state index in [2.05, 4.69) is 4.98 Å². The molecule has 6 atom stereocenters. The van der Waals surface area contributed by atoms with Gasteiger partial charge in [-0.2, -0.15) is 0 Å². The third-order valence-electron chi connectivity index (χ3n) is 6.14. The molecule has 3 N–H and O–H groups in total. The smallest absolute Gasteiger partial charge is 0.250 e. The van der Waals surface area contributed by atoms with Crippen LogP contribution in [0.1, 0.15) is 39.6 Å². The van der Waals surface area contributed by atoms with Gasteiger partial charge >= 0.3 is 0 Å². The highest BCUT2D eigenvalue weighted by Crippen LogP contribution is 2.41. The van der Waals surface area contributed by atoms with Crippen molar-refractivity contribution in [1.29, 1.82) is 0 Å². The van der Waals surface area contributed by atoms with Crippen LogP contribution < -0.4 is 5.73 Å². The Morgan fingerprint density at radius 2 is 1.38 bits per heavy atom. The predicted octanol–water partition coefficient (Wildman–Crippen LogP) is 2.68. The lowest BCUT2D eigenvalue weighted by molar-refractivity contribution is -0.384. The first-order valence-corrected chi connectivity index (χ1v) is 11.2. The summed E-state index contributed by atoms with van der Waals surface area (Å²) < 4.78 is 25.1. The average Bonchev–Trinajstić information content (AvgIpc) is 2.89. The van der Waals surface area contributed by atoms with Gasteiger partial charge in [0.25, 0.3) is 5.91 Å². The number of rotatable bonds is 6. The molecule has 0 radical (unpaired) electrons. The Labute approximate surface area is 197 Å². The molecule has 0 saturated carbocycles. The Balaban J connectivity index is 1.50. The lowest BCUT2D eigenvalue weighted by Gasteiger charge is -2.49. The minimum atomic E-state index is -0.698. The van der Waals surface area contributed by atoms with Crippen molar-refractivity contribution in [3.05, 3.63) is 101 Å². The van der Waals surface area contributed by atoms with Crippen molar-refractivity contribution < 1.29 is 28.8 Å². The number of nitrogens with zero attached hydrogens (tertiary/aromatic N) is 1. The number of carbonyl (C=O) groups excluding carboxylic acids is 1.